The molecule has 1 heterocycles. The molecule has 0 saturated heterocycles. The molecule has 0 aliphatic rings. The van der Waals surface area contributed by atoms with Crippen LogP contribution in [0.5, 0.6) is 0 Å². The molecule has 0 saturated carbocycles. The van der Waals surface area contributed by atoms with Gasteiger partial charge in [0.15, 0.2) is 4.34 Å². The summed E-state index contributed by atoms with van der Waals surface area (Å²) in [5, 5.41) is 19.7. The quantitative estimate of drug-likeness (QED) is 0.392. The monoisotopic (exact) mass is 311 g/mol. The van der Waals surface area contributed by atoms with Gasteiger partial charge in [-0.1, -0.05) is 29.2 Å². The van der Waals surface area contributed by atoms with Gasteiger partial charge in [-0.2, -0.15) is 0 Å². The van der Waals surface area contributed by atoms with Crippen LogP contribution in [0.1, 0.15) is 5.56 Å². The Morgan fingerprint density at radius 2 is 2.20 bits per heavy atom. The lowest BCUT2D eigenvalue weighted by molar-refractivity contribution is -0.383. The highest BCUT2D eigenvalue weighted by Gasteiger charge is 2.13. The van der Waals surface area contributed by atoms with E-state index in [0.29, 0.717) is 5.75 Å². The Bertz CT molecular complexity index is 629. The number of hydrogen-bond donors (Lipinski definition) is 1. The van der Waals surface area contributed by atoms with Gasteiger partial charge in [0.05, 0.1) is 4.92 Å². The molecule has 0 bridgehead atoms. The van der Waals surface area contributed by atoms with E-state index in [4.69, 9.17) is 5.73 Å². The number of nitro groups is 1. The molecule has 0 aliphatic carbocycles. The van der Waals surface area contributed by atoms with Crippen LogP contribution in [0, 0.1) is 10.1 Å². The fraction of sp³-hybridized carbons (Fsp3) is 0.273. The highest BCUT2D eigenvalue weighted by molar-refractivity contribution is 8.00. The molecule has 0 aliphatic heterocycles. The van der Waals surface area contributed by atoms with E-state index >= 15 is 0 Å². The van der Waals surface area contributed by atoms with Crippen LogP contribution in [0.15, 0.2) is 22.5 Å². The summed E-state index contributed by atoms with van der Waals surface area (Å²) < 4.78 is 0.827. The zero-order valence-electron chi connectivity index (χ0n) is 10.9. The van der Waals surface area contributed by atoms with E-state index in [1.54, 1.807) is 12.1 Å². The third kappa shape index (κ3) is 3.36. The Morgan fingerprint density at radius 1 is 1.45 bits per heavy atom. The van der Waals surface area contributed by atoms with Crippen molar-refractivity contribution in [3.05, 3.63) is 33.9 Å². The minimum atomic E-state index is -0.474. The molecule has 0 fully saturated rings. The van der Waals surface area contributed by atoms with Gasteiger partial charge in [-0.25, -0.2) is 0 Å². The average Bonchev–Trinajstić information content (AvgIpc) is 2.86. The second-order valence-corrected chi connectivity index (χ2v) is 6.36. The van der Waals surface area contributed by atoms with Gasteiger partial charge in [0.1, 0.15) is 5.69 Å². The van der Waals surface area contributed by atoms with Crippen molar-refractivity contribution in [1.82, 2.24) is 10.2 Å². The van der Waals surface area contributed by atoms with E-state index in [2.05, 4.69) is 10.2 Å². The maximum atomic E-state index is 10.8. The van der Waals surface area contributed by atoms with Gasteiger partial charge in [0.25, 0.3) is 5.69 Å². The Hall–Kier alpha value is -1.87. The molecule has 7 nitrogen and oxygen atoms in total. The van der Waals surface area contributed by atoms with Gasteiger partial charge in [-0.3, -0.25) is 10.1 Å². The molecule has 1 aromatic carbocycles. The van der Waals surface area contributed by atoms with Crippen LogP contribution in [0.25, 0.3) is 0 Å². The van der Waals surface area contributed by atoms with Crippen LogP contribution < -0.4 is 10.6 Å². The Morgan fingerprint density at radius 3 is 2.80 bits per heavy atom. The van der Waals surface area contributed by atoms with E-state index < -0.39 is 4.92 Å². The minimum absolute atomic E-state index is 0.0608. The normalized spacial score (nSPS) is 10.5. The number of nitrogens with two attached hydrogens (primary N) is 1. The van der Waals surface area contributed by atoms with Crippen LogP contribution in [0.2, 0.25) is 0 Å². The second kappa shape index (κ2) is 6.06. The van der Waals surface area contributed by atoms with E-state index in [-0.39, 0.29) is 11.4 Å². The van der Waals surface area contributed by atoms with Crippen LogP contribution >= 0.6 is 23.1 Å². The standard InChI is InChI=1S/C11H13N5O2S2/c1-15(2)10-13-14-11(20-10)19-6-7-3-4-8(12)9(5-7)16(17)18/h3-5H,6,12H2,1-2H3. The van der Waals surface area contributed by atoms with Crippen LogP contribution in [-0.4, -0.2) is 29.2 Å². The zero-order chi connectivity index (χ0) is 14.7. The summed E-state index contributed by atoms with van der Waals surface area (Å²) in [6, 6.07) is 4.83. The molecule has 0 amide bonds. The number of aromatic nitrogens is 2. The average molecular weight is 311 g/mol. The molecule has 106 valence electrons. The highest BCUT2D eigenvalue weighted by atomic mass is 32.2. The van der Waals surface area contributed by atoms with Gasteiger partial charge in [0.2, 0.25) is 5.13 Å². The lowest BCUT2D eigenvalue weighted by Gasteiger charge is -2.04. The first-order valence-corrected chi connectivity index (χ1v) is 7.44. The molecule has 9 heteroatoms. The van der Waals surface area contributed by atoms with E-state index in [0.717, 1.165) is 15.0 Å². The number of nitrogens with zero attached hydrogens (tertiary/aromatic N) is 4. The van der Waals surface area contributed by atoms with Crippen molar-refractivity contribution >= 4 is 39.6 Å². The molecular formula is C11H13N5O2S2. The van der Waals surface area contributed by atoms with E-state index in [1.165, 1.54) is 29.2 Å². The smallest absolute Gasteiger partial charge is 0.292 e. The predicted molar refractivity (Wildman–Crippen MR) is 81.3 cm³/mol. The molecule has 20 heavy (non-hydrogen) atoms. The summed E-state index contributed by atoms with van der Waals surface area (Å²) in [5.41, 5.74) is 6.51. The Labute approximate surface area is 124 Å². The number of thioether (sulfide) groups is 1. The first-order chi connectivity index (χ1) is 9.47. The van der Waals surface area contributed by atoms with Crippen LogP contribution in [0.4, 0.5) is 16.5 Å². The van der Waals surface area contributed by atoms with Crippen LogP contribution in [-0.2, 0) is 5.75 Å². The van der Waals surface area contributed by atoms with Crippen molar-refractivity contribution in [2.24, 2.45) is 0 Å². The fourth-order valence-electron chi connectivity index (χ4n) is 1.42. The minimum Gasteiger partial charge on any atom is -0.393 e. The molecule has 1 aromatic heterocycles. The van der Waals surface area contributed by atoms with Crippen molar-refractivity contribution in [3.8, 4) is 0 Å². The summed E-state index contributed by atoms with van der Waals surface area (Å²) >= 11 is 2.97. The van der Waals surface area contributed by atoms with Gasteiger partial charge in [-0.15, -0.1) is 10.2 Å². The lowest BCUT2D eigenvalue weighted by Crippen LogP contribution is -2.07. The largest absolute Gasteiger partial charge is 0.393 e. The highest BCUT2D eigenvalue weighted by Crippen LogP contribution is 2.31. The third-order valence-corrected chi connectivity index (χ3v) is 4.73. The van der Waals surface area contributed by atoms with Crippen molar-refractivity contribution in [1.29, 1.82) is 0 Å². The third-order valence-electron chi connectivity index (χ3n) is 2.43. The molecule has 0 radical (unpaired) electrons. The van der Waals surface area contributed by atoms with Gasteiger partial charge in [0, 0.05) is 25.9 Å². The summed E-state index contributed by atoms with van der Waals surface area (Å²) in [7, 11) is 3.80. The first kappa shape index (κ1) is 14.5. The molecule has 0 atom stereocenters. The SMILES string of the molecule is CN(C)c1nnc(SCc2ccc(N)c([N+](=O)[O-])c2)s1. The predicted octanol–water partition coefficient (Wildman–Crippen LogP) is 2.39. The summed E-state index contributed by atoms with van der Waals surface area (Å²) in [6.45, 7) is 0. The molecular weight excluding hydrogens is 298 g/mol. The van der Waals surface area contributed by atoms with E-state index in [1.807, 2.05) is 19.0 Å². The number of benzene rings is 1. The number of hydrogen-bond acceptors (Lipinski definition) is 8. The lowest BCUT2D eigenvalue weighted by atomic mass is 10.2. The van der Waals surface area contributed by atoms with E-state index in [9.17, 15) is 10.1 Å². The Balaban J connectivity index is 2.06. The van der Waals surface area contributed by atoms with Gasteiger partial charge < -0.3 is 10.6 Å². The molecule has 2 rings (SSSR count). The number of rotatable bonds is 5. The van der Waals surface area contributed by atoms with Crippen LogP contribution in [0.3, 0.4) is 0 Å². The van der Waals surface area contributed by atoms with Crippen molar-refractivity contribution in [2.45, 2.75) is 10.1 Å². The maximum Gasteiger partial charge on any atom is 0.292 e. The molecule has 0 spiro atoms. The fourth-order valence-corrected chi connectivity index (χ4v) is 3.13. The second-order valence-electron chi connectivity index (χ2n) is 4.18. The number of nitrogen functional groups attached to an aromatic ring is 1. The molecule has 2 N–H and O–H groups in total. The summed E-state index contributed by atoms with van der Waals surface area (Å²) in [5.74, 6) is 0.586. The summed E-state index contributed by atoms with van der Waals surface area (Å²) in [6.07, 6.45) is 0. The summed E-state index contributed by atoms with van der Waals surface area (Å²) in [4.78, 5) is 12.2. The topological polar surface area (TPSA) is 98.2 Å². The molecule has 0 unspecified atom stereocenters. The van der Waals surface area contributed by atoms with Gasteiger partial charge in [-0.05, 0) is 11.6 Å². The number of nitro benzene ring substituents is 1. The molecule has 2 aromatic rings. The Kier molecular flexibility index (Phi) is 4.40. The zero-order valence-corrected chi connectivity index (χ0v) is 12.6. The van der Waals surface area contributed by atoms with Crippen molar-refractivity contribution in [3.63, 3.8) is 0 Å². The first-order valence-electron chi connectivity index (χ1n) is 5.64. The van der Waals surface area contributed by atoms with Crippen molar-refractivity contribution < 1.29 is 4.92 Å². The van der Waals surface area contributed by atoms with Crippen molar-refractivity contribution in [2.75, 3.05) is 24.7 Å². The maximum absolute atomic E-state index is 10.8. The number of anilines is 2. The van der Waals surface area contributed by atoms with Gasteiger partial charge >= 0.3 is 0 Å².